The molecule has 2 amide bonds. The zero-order valence-corrected chi connectivity index (χ0v) is 15.3. The Balaban J connectivity index is 2.12. The number of anilines is 1. The van der Waals surface area contributed by atoms with Crippen LogP contribution in [-0.2, 0) is 14.4 Å². The number of thiocarbonyl (C=S) groups is 1. The first-order valence-electron chi connectivity index (χ1n) is 7.80. The maximum Gasteiger partial charge on any atom is 0.267 e. The monoisotopic (exact) mass is 375 g/mol. The lowest BCUT2D eigenvalue weighted by Gasteiger charge is -2.23. The number of fused-ring (bicyclic) bond motifs is 1. The molecule has 0 aliphatic carbocycles. The zero-order valence-electron chi connectivity index (χ0n) is 13.6. The molecule has 2 heterocycles. The van der Waals surface area contributed by atoms with Gasteiger partial charge in [0.15, 0.2) is 0 Å². The summed E-state index contributed by atoms with van der Waals surface area (Å²) in [5.41, 5.74) is 1.71. The van der Waals surface area contributed by atoms with Gasteiger partial charge in [0.1, 0.15) is 4.32 Å². The zero-order chi connectivity index (χ0) is 18.3. The van der Waals surface area contributed by atoms with Crippen LogP contribution in [0.4, 0.5) is 5.69 Å². The highest BCUT2D eigenvalue weighted by atomic mass is 32.2. The molecule has 1 fully saturated rings. The van der Waals surface area contributed by atoms with Crippen LogP contribution in [0.15, 0.2) is 29.2 Å². The van der Waals surface area contributed by atoms with E-state index in [-0.39, 0.29) is 20.7 Å². The Morgan fingerprint density at radius 2 is 1.96 bits per heavy atom. The van der Waals surface area contributed by atoms with E-state index in [1.54, 1.807) is 17.0 Å². The summed E-state index contributed by atoms with van der Waals surface area (Å²) in [5.74, 6) is -2.22. The van der Waals surface area contributed by atoms with Crippen molar-refractivity contribution in [1.82, 2.24) is 4.90 Å². The van der Waals surface area contributed by atoms with Gasteiger partial charge in [0, 0.05) is 12.1 Å². The molecular formula is C17H15N2O4S2-. The maximum absolute atomic E-state index is 12.9. The van der Waals surface area contributed by atoms with Gasteiger partial charge in [-0.2, -0.15) is 0 Å². The van der Waals surface area contributed by atoms with Crippen molar-refractivity contribution in [3.05, 3.63) is 34.7 Å². The molecule has 8 heteroatoms. The molecule has 2 aliphatic rings. The summed E-state index contributed by atoms with van der Waals surface area (Å²) >= 11 is 6.12. The average Bonchev–Trinajstić information content (AvgIpc) is 3.01. The number of hydrogen-bond donors (Lipinski definition) is 0. The van der Waals surface area contributed by atoms with Crippen molar-refractivity contribution in [2.45, 2.75) is 26.3 Å². The number of benzene rings is 1. The van der Waals surface area contributed by atoms with Gasteiger partial charge in [-0.05, 0) is 19.4 Å². The molecule has 2 aliphatic heterocycles. The third-order valence-corrected chi connectivity index (χ3v) is 5.53. The number of carboxylic acid groups (broad SMARTS) is 1. The number of amides is 2. The second-order valence-electron chi connectivity index (χ2n) is 5.72. The molecule has 0 bridgehead atoms. The van der Waals surface area contributed by atoms with E-state index in [1.165, 1.54) is 6.92 Å². The highest BCUT2D eigenvalue weighted by Crippen LogP contribution is 2.44. The van der Waals surface area contributed by atoms with Gasteiger partial charge in [-0.3, -0.25) is 14.5 Å². The van der Waals surface area contributed by atoms with Crippen LogP contribution in [0.5, 0.6) is 0 Å². The van der Waals surface area contributed by atoms with Crippen molar-refractivity contribution in [3.63, 3.8) is 0 Å². The normalized spacial score (nSPS) is 21.1. The molecule has 25 heavy (non-hydrogen) atoms. The number of nitrogens with zero attached hydrogens (tertiary/aromatic N) is 2. The summed E-state index contributed by atoms with van der Waals surface area (Å²) in [4.78, 5) is 39.6. The number of carbonyl (C=O) groups excluding carboxylic acids is 3. The minimum atomic E-state index is -1.40. The van der Waals surface area contributed by atoms with Crippen molar-refractivity contribution in [1.29, 1.82) is 0 Å². The number of thioether (sulfide) groups is 1. The Hall–Kier alpha value is -2.19. The van der Waals surface area contributed by atoms with Gasteiger partial charge < -0.3 is 14.8 Å². The molecule has 0 N–H and O–H groups in total. The lowest BCUT2D eigenvalue weighted by Crippen LogP contribution is -2.48. The van der Waals surface area contributed by atoms with Gasteiger partial charge >= 0.3 is 0 Å². The molecular weight excluding hydrogens is 360 g/mol. The topological polar surface area (TPSA) is 80.8 Å². The SMILES string of the molecule is CCCN1C(=O)/C(=C2/SC(=S)N([C@H](C)C(=O)[O-])C2=O)c2ccccc21. The Labute approximate surface area is 154 Å². The highest BCUT2D eigenvalue weighted by molar-refractivity contribution is 8.26. The first-order chi connectivity index (χ1) is 11.9. The standard InChI is InChI=1S/C17H16N2O4S2/c1-3-8-18-11-7-5-4-6-10(11)12(14(18)20)13-15(21)19(17(24)25-13)9(2)16(22)23/h4-7,9H,3,8H2,1-2H3,(H,22,23)/p-1/b13-12+/t9-/m1/s1. The molecule has 1 saturated heterocycles. The third-order valence-electron chi connectivity index (χ3n) is 4.12. The molecule has 3 rings (SSSR count). The van der Waals surface area contributed by atoms with Crippen molar-refractivity contribution in [3.8, 4) is 0 Å². The van der Waals surface area contributed by atoms with E-state index in [1.807, 2.05) is 19.1 Å². The van der Waals surface area contributed by atoms with Crippen molar-refractivity contribution < 1.29 is 19.5 Å². The van der Waals surface area contributed by atoms with Crippen molar-refractivity contribution in [2.75, 3.05) is 11.4 Å². The van der Waals surface area contributed by atoms with Crippen LogP contribution >= 0.6 is 24.0 Å². The quantitative estimate of drug-likeness (QED) is 0.580. The Bertz CT molecular complexity index is 834. The van der Waals surface area contributed by atoms with E-state index in [0.29, 0.717) is 12.1 Å². The highest BCUT2D eigenvalue weighted by Gasteiger charge is 2.43. The number of aliphatic carboxylic acids is 1. The average molecular weight is 375 g/mol. The van der Waals surface area contributed by atoms with Gasteiger partial charge in [-0.15, -0.1) is 0 Å². The van der Waals surface area contributed by atoms with Gasteiger partial charge in [-0.25, -0.2) is 0 Å². The van der Waals surface area contributed by atoms with Crippen LogP contribution in [0, 0.1) is 0 Å². The molecule has 130 valence electrons. The maximum atomic E-state index is 12.9. The number of para-hydroxylation sites is 1. The number of hydrogen-bond acceptors (Lipinski definition) is 6. The second-order valence-corrected chi connectivity index (χ2v) is 7.36. The van der Waals surface area contributed by atoms with Gasteiger partial charge in [-0.1, -0.05) is 49.1 Å². The molecule has 0 radical (unpaired) electrons. The van der Waals surface area contributed by atoms with Gasteiger partial charge in [0.05, 0.1) is 28.2 Å². The molecule has 0 spiro atoms. The molecule has 1 atom stereocenters. The Morgan fingerprint density at radius 1 is 1.28 bits per heavy atom. The second kappa shape index (κ2) is 6.61. The summed E-state index contributed by atoms with van der Waals surface area (Å²) in [5, 5.41) is 11.1. The fourth-order valence-corrected chi connectivity index (χ4v) is 4.40. The van der Waals surface area contributed by atoms with E-state index >= 15 is 0 Å². The van der Waals surface area contributed by atoms with Crippen molar-refractivity contribution in [2.24, 2.45) is 0 Å². The third kappa shape index (κ3) is 2.75. The number of carbonyl (C=O) groups is 3. The van der Waals surface area contributed by atoms with E-state index < -0.39 is 17.9 Å². The largest absolute Gasteiger partial charge is 0.548 e. The van der Waals surface area contributed by atoms with E-state index in [9.17, 15) is 19.5 Å². The summed E-state index contributed by atoms with van der Waals surface area (Å²) < 4.78 is 0.114. The summed E-state index contributed by atoms with van der Waals surface area (Å²) in [6.45, 7) is 3.84. The van der Waals surface area contributed by atoms with Crippen LogP contribution in [-0.4, -0.2) is 39.6 Å². The molecule has 0 aromatic heterocycles. The summed E-state index contributed by atoms with van der Waals surface area (Å²) in [6, 6.07) is 6.06. The first-order valence-corrected chi connectivity index (χ1v) is 9.02. The molecule has 1 aromatic rings. The predicted octanol–water partition coefficient (Wildman–Crippen LogP) is 1.15. The fraction of sp³-hybridized carbons (Fsp3) is 0.294. The van der Waals surface area contributed by atoms with E-state index in [2.05, 4.69) is 0 Å². The number of carboxylic acids is 1. The minimum Gasteiger partial charge on any atom is -0.548 e. The van der Waals surface area contributed by atoms with Gasteiger partial charge in [0.25, 0.3) is 11.8 Å². The predicted molar refractivity (Wildman–Crippen MR) is 97.5 cm³/mol. The molecule has 1 aromatic carbocycles. The van der Waals surface area contributed by atoms with E-state index in [0.717, 1.165) is 28.8 Å². The van der Waals surface area contributed by atoms with Crippen LogP contribution in [0.1, 0.15) is 25.8 Å². The molecule has 0 saturated carbocycles. The lowest BCUT2D eigenvalue weighted by atomic mass is 10.1. The molecule has 0 unspecified atom stereocenters. The summed E-state index contributed by atoms with van der Waals surface area (Å²) in [7, 11) is 0. The Kier molecular flexibility index (Phi) is 4.66. The summed E-state index contributed by atoms with van der Waals surface area (Å²) in [6.07, 6.45) is 0.774. The lowest BCUT2D eigenvalue weighted by molar-refractivity contribution is -0.309. The molecule has 6 nitrogen and oxygen atoms in total. The van der Waals surface area contributed by atoms with Crippen LogP contribution in [0.25, 0.3) is 5.57 Å². The number of rotatable bonds is 4. The van der Waals surface area contributed by atoms with Gasteiger partial charge in [0.2, 0.25) is 0 Å². The first kappa shape index (κ1) is 17.6. The minimum absolute atomic E-state index is 0.114. The van der Waals surface area contributed by atoms with Crippen LogP contribution in [0.3, 0.4) is 0 Å². The Morgan fingerprint density at radius 3 is 2.60 bits per heavy atom. The smallest absolute Gasteiger partial charge is 0.267 e. The van der Waals surface area contributed by atoms with E-state index in [4.69, 9.17) is 12.2 Å². The van der Waals surface area contributed by atoms with Crippen LogP contribution in [0.2, 0.25) is 0 Å². The van der Waals surface area contributed by atoms with Crippen LogP contribution < -0.4 is 10.0 Å². The fourth-order valence-electron chi connectivity index (χ4n) is 2.91. The van der Waals surface area contributed by atoms with Crippen molar-refractivity contribution >= 4 is 57.3 Å².